The highest BCUT2D eigenvalue weighted by molar-refractivity contribution is 5.85. The zero-order chi connectivity index (χ0) is 16.1. The summed E-state index contributed by atoms with van der Waals surface area (Å²) in [5.74, 6) is 0.00724. The highest BCUT2D eigenvalue weighted by atomic mass is 35.5. The van der Waals surface area contributed by atoms with Crippen LogP contribution >= 0.6 is 24.8 Å². The predicted octanol–water partition coefficient (Wildman–Crippen LogP) is 1.90. The highest BCUT2D eigenvalue weighted by Crippen LogP contribution is 2.21. The van der Waals surface area contributed by atoms with Crippen LogP contribution in [0.15, 0.2) is 12.4 Å². The van der Waals surface area contributed by atoms with Gasteiger partial charge >= 0.3 is 0 Å². The fourth-order valence-electron chi connectivity index (χ4n) is 3.36. The summed E-state index contributed by atoms with van der Waals surface area (Å²) in [5, 5.41) is 10.2. The van der Waals surface area contributed by atoms with E-state index in [-0.39, 0.29) is 36.8 Å². The van der Waals surface area contributed by atoms with Crippen molar-refractivity contribution in [3.05, 3.63) is 18.0 Å². The van der Waals surface area contributed by atoms with Crippen LogP contribution in [0, 0.1) is 0 Å². The Morgan fingerprint density at radius 1 is 1.33 bits per heavy atom. The lowest BCUT2D eigenvalue weighted by Gasteiger charge is -2.39. The van der Waals surface area contributed by atoms with E-state index < -0.39 is 0 Å². The number of piperidine rings is 1. The van der Waals surface area contributed by atoms with Crippen LogP contribution in [0.3, 0.4) is 0 Å². The highest BCUT2D eigenvalue weighted by Gasteiger charge is 2.25. The normalized spacial score (nSPS) is 22.2. The van der Waals surface area contributed by atoms with E-state index in [1.807, 2.05) is 13.2 Å². The molecule has 0 saturated carbocycles. The van der Waals surface area contributed by atoms with E-state index in [1.165, 1.54) is 19.3 Å². The third-order valence-corrected chi connectivity index (χ3v) is 4.65. The van der Waals surface area contributed by atoms with Crippen LogP contribution in [0.2, 0.25) is 0 Å². The van der Waals surface area contributed by atoms with E-state index in [4.69, 9.17) is 0 Å². The summed E-state index contributed by atoms with van der Waals surface area (Å²) >= 11 is 0. The second-order valence-electron chi connectivity index (χ2n) is 6.33. The Balaban J connectivity index is 0.00000264. The predicted molar refractivity (Wildman–Crippen MR) is 102 cm³/mol. The summed E-state index contributed by atoms with van der Waals surface area (Å²) in [4.78, 5) is 14.9. The van der Waals surface area contributed by atoms with E-state index in [0.717, 1.165) is 12.1 Å². The topological polar surface area (TPSA) is 62.2 Å². The van der Waals surface area contributed by atoms with Gasteiger partial charge in [0.15, 0.2) is 0 Å². The van der Waals surface area contributed by atoms with E-state index in [2.05, 4.69) is 34.5 Å². The number of rotatable bonds is 6. The SMILES string of the molecule is CNC(C(=O)NCCN1C(C)CCCC1C)c1cnn(C)c1.Cl.Cl. The third kappa shape index (κ3) is 5.92. The molecule has 8 heteroatoms. The van der Waals surface area contributed by atoms with Crippen LogP contribution in [-0.4, -0.2) is 52.8 Å². The first-order valence-electron chi connectivity index (χ1n) is 8.22. The number of likely N-dealkylation sites (N-methyl/N-ethyl adjacent to an activating group) is 1. The zero-order valence-electron chi connectivity index (χ0n) is 15.0. The van der Waals surface area contributed by atoms with E-state index in [9.17, 15) is 4.79 Å². The summed E-state index contributed by atoms with van der Waals surface area (Å²) < 4.78 is 1.71. The summed E-state index contributed by atoms with van der Waals surface area (Å²) in [7, 11) is 3.65. The van der Waals surface area contributed by atoms with Crippen LogP contribution in [0.4, 0.5) is 0 Å². The number of likely N-dealkylation sites (tertiary alicyclic amines) is 1. The fourth-order valence-corrected chi connectivity index (χ4v) is 3.36. The Labute approximate surface area is 157 Å². The Hall–Kier alpha value is -0.820. The van der Waals surface area contributed by atoms with Gasteiger partial charge in [-0.1, -0.05) is 6.42 Å². The number of halogens is 2. The molecule has 2 heterocycles. The minimum Gasteiger partial charge on any atom is -0.353 e. The molecule has 1 fully saturated rings. The van der Waals surface area contributed by atoms with Gasteiger partial charge in [0.05, 0.1) is 6.20 Å². The number of aromatic nitrogens is 2. The molecule has 0 aliphatic carbocycles. The molecule has 3 atom stereocenters. The van der Waals surface area contributed by atoms with Crippen molar-refractivity contribution in [2.24, 2.45) is 7.05 Å². The lowest BCUT2D eigenvalue weighted by Crippen LogP contribution is -2.48. The molecule has 2 rings (SSSR count). The molecule has 1 saturated heterocycles. The quantitative estimate of drug-likeness (QED) is 0.792. The maximum atomic E-state index is 12.4. The largest absolute Gasteiger partial charge is 0.353 e. The van der Waals surface area contributed by atoms with E-state index in [1.54, 1.807) is 17.9 Å². The maximum Gasteiger partial charge on any atom is 0.241 e. The molecular formula is C16H31Cl2N5O. The van der Waals surface area contributed by atoms with Crippen LogP contribution < -0.4 is 10.6 Å². The minimum atomic E-state index is -0.343. The number of carbonyl (C=O) groups excluding carboxylic acids is 1. The van der Waals surface area contributed by atoms with Gasteiger partial charge in [0.2, 0.25) is 5.91 Å². The average Bonchev–Trinajstić information content (AvgIpc) is 2.89. The molecule has 1 aliphatic rings. The molecule has 0 bridgehead atoms. The Kier molecular flexibility index (Phi) is 10.6. The van der Waals surface area contributed by atoms with Crippen molar-refractivity contribution in [2.45, 2.75) is 51.2 Å². The molecule has 2 N–H and O–H groups in total. The summed E-state index contributed by atoms with van der Waals surface area (Å²) in [6.45, 7) is 6.16. The number of amides is 1. The number of hydrogen-bond acceptors (Lipinski definition) is 4. The van der Waals surface area contributed by atoms with Crippen LogP contribution in [-0.2, 0) is 11.8 Å². The maximum absolute atomic E-state index is 12.4. The molecule has 0 radical (unpaired) electrons. The van der Waals surface area contributed by atoms with E-state index in [0.29, 0.717) is 18.6 Å². The minimum absolute atomic E-state index is 0. The lowest BCUT2D eigenvalue weighted by molar-refractivity contribution is -0.123. The number of nitrogens with one attached hydrogen (secondary N) is 2. The Bertz CT molecular complexity index is 487. The Morgan fingerprint density at radius 3 is 2.46 bits per heavy atom. The van der Waals surface area contributed by atoms with Crippen LogP contribution in [0.25, 0.3) is 0 Å². The molecule has 140 valence electrons. The summed E-state index contributed by atoms with van der Waals surface area (Å²) in [5.41, 5.74) is 0.891. The van der Waals surface area contributed by atoms with Crippen LogP contribution in [0.5, 0.6) is 0 Å². The monoisotopic (exact) mass is 379 g/mol. The molecule has 6 nitrogen and oxygen atoms in total. The van der Waals surface area contributed by atoms with Crippen molar-refractivity contribution < 1.29 is 4.79 Å². The molecule has 1 aromatic heterocycles. The van der Waals surface area contributed by atoms with Gasteiger partial charge in [-0.25, -0.2) is 0 Å². The molecule has 1 aromatic rings. The average molecular weight is 380 g/mol. The molecular weight excluding hydrogens is 349 g/mol. The van der Waals surface area contributed by atoms with Gasteiger partial charge in [-0.05, 0) is 33.7 Å². The van der Waals surface area contributed by atoms with Crippen molar-refractivity contribution in [1.82, 2.24) is 25.3 Å². The number of nitrogens with zero attached hydrogens (tertiary/aromatic N) is 3. The van der Waals surface area contributed by atoms with E-state index >= 15 is 0 Å². The Morgan fingerprint density at radius 2 is 1.96 bits per heavy atom. The third-order valence-electron chi connectivity index (χ3n) is 4.65. The van der Waals surface area contributed by atoms with Crippen molar-refractivity contribution in [1.29, 1.82) is 0 Å². The van der Waals surface area contributed by atoms with Gasteiger partial charge in [-0.15, -0.1) is 24.8 Å². The molecule has 1 aliphatic heterocycles. The van der Waals surface area contributed by atoms with Crippen molar-refractivity contribution >= 4 is 30.7 Å². The van der Waals surface area contributed by atoms with Gasteiger partial charge in [0.25, 0.3) is 0 Å². The second-order valence-corrected chi connectivity index (χ2v) is 6.33. The fraction of sp³-hybridized carbons (Fsp3) is 0.750. The van der Waals surface area contributed by atoms with Crippen molar-refractivity contribution in [3.8, 4) is 0 Å². The smallest absolute Gasteiger partial charge is 0.241 e. The first-order chi connectivity index (χ1) is 10.5. The molecule has 1 amide bonds. The number of hydrogen-bond donors (Lipinski definition) is 2. The number of aryl methyl sites for hydroxylation is 1. The molecule has 24 heavy (non-hydrogen) atoms. The van der Waals surface area contributed by atoms with Crippen LogP contribution in [0.1, 0.15) is 44.7 Å². The van der Waals surface area contributed by atoms with Gasteiger partial charge in [0.1, 0.15) is 6.04 Å². The molecule has 0 spiro atoms. The lowest BCUT2D eigenvalue weighted by atomic mass is 9.98. The standard InChI is InChI=1S/C16H29N5O.2ClH/c1-12-6-5-7-13(2)21(12)9-8-18-16(22)15(17-3)14-10-19-20(4)11-14;;/h10-13,15,17H,5-9H2,1-4H3,(H,18,22);2*1H. The van der Waals surface area contributed by atoms with Gasteiger partial charge < -0.3 is 10.6 Å². The molecule has 3 unspecified atom stereocenters. The second kappa shape index (κ2) is 10.9. The van der Waals surface area contributed by atoms with Crippen molar-refractivity contribution in [3.63, 3.8) is 0 Å². The van der Waals surface area contributed by atoms with Gasteiger partial charge in [0, 0.05) is 44.0 Å². The van der Waals surface area contributed by atoms with Crippen molar-refractivity contribution in [2.75, 3.05) is 20.1 Å². The number of carbonyl (C=O) groups is 1. The summed E-state index contributed by atoms with van der Waals surface area (Å²) in [6, 6.07) is 0.878. The zero-order valence-corrected chi connectivity index (χ0v) is 16.6. The summed E-state index contributed by atoms with van der Waals surface area (Å²) in [6.07, 6.45) is 7.43. The first kappa shape index (κ1) is 23.2. The van der Waals surface area contributed by atoms with Gasteiger partial charge in [-0.2, -0.15) is 5.10 Å². The molecule has 0 aromatic carbocycles. The first-order valence-corrected chi connectivity index (χ1v) is 8.22. The van der Waals surface area contributed by atoms with Gasteiger partial charge in [-0.3, -0.25) is 14.4 Å².